The van der Waals surface area contributed by atoms with Gasteiger partial charge in [-0.2, -0.15) is 0 Å². The Morgan fingerprint density at radius 1 is 1.08 bits per heavy atom. The van der Waals surface area contributed by atoms with Gasteiger partial charge >= 0.3 is 5.97 Å². The van der Waals surface area contributed by atoms with Crippen molar-refractivity contribution in [3.8, 4) is 5.75 Å². The van der Waals surface area contributed by atoms with Crippen molar-refractivity contribution in [2.45, 2.75) is 39.0 Å². The van der Waals surface area contributed by atoms with Gasteiger partial charge in [0.15, 0.2) is 6.61 Å². The van der Waals surface area contributed by atoms with Crippen molar-refractivity contribution < 1.29 is 23.9 Å². The van der Waals surface area contributed by atoms with Crippen LogP contribution < -0.4 is 15.4 Å². The molecule has 0 radical (unpaired) electrons. The van der Waals surface area contributed by atoms with Gasteiger partial charge in [0.25, 0.3) is 5.91 Å². The minimum absolute atomic E-state index is 0.0143. The summed E-state index contributed by atoms with van der Waals surface area (Å²) in [6, 6.07) is 6.89. The molecule has 0 atom stereocenters. The Kier molecular flexibility index (Phi) is 7.92. The Balaban J connectivity index is 1.64. The number of nitrogens with one attached hydrogen (secondary N) is 2. The van der Waals surface area contributed by atoms with E-state index < -0.39 is 18.5 Å². The number of rotatable bonds is 8. The highest BCUT2D eigenvalue weighted by Crippen LogP contribution is 2.23. The highest BCUT2D eigenvalue weighted by atomic mass is 16.5. The van der Waals surface area contributed by atoms with Crippen LogP contribution in [0.2, 0.25) is 0 Å². The summed E-state index contributed by atoms with van der Waals surface area (Å²) in [7, 11) is 0. The van der Waals surface area contributed by atoms with E-state index in [9.17, 15) is 14.4 Å². The van der Waals surface area contributed by atoms with Gasteiger partial charge in [0.1, 0.15) is 12.3 Å². The highest BCUT2D eigenvalue weighted by molar-refractivity contribution is 5.93. The smallest absolute Gasteiger partial charge is 0.325 e. The summed E-state index contributed by atoms with van der Waals surface area (Å²) in [5, 5.41) is 5.21. The first-order valence-corrected chi connectivity index (χ1v) is 9.04. The lowest BCUT2D eigenvalue weighted by Gasteiger charge is -2.20. The summed E-state index contributed by atoms with van der Waals surface area (Å²) in [6.45, 7) is 1.84. The molecule has 2 rings (SSSR count). The molecule has 26 heavy (non-hydrogen) atoms. The third kappa shape index (κ3) is 6.74. The maximum absolute atomic E-state index is 11.9. The largest absolute Gasteiger partial charge is 0.494 e. The Bertz CT molecular complexity index is 609. The van der Waals surface area contributed by atoms with Crippen LogP contribution in [0.5, 0.6) is 5.75 Å². The summed E-state index contributed by atoms with van der Waals surface area (Å²) in [5.41, 5.74) is 0.583. The first-order chi connectivity index (χ1) is 12.6. The second-order valence-electron chi connectivity index (χ2n) is 6.22. The summed E-state index contributed by atoms with van der Waals surface area (Å²) in [6.07, 6.45) is 4.99. The van der Waals surface area contributed by atoms with Gasteiger partial charge in [0.2, 0.25) is 5.91 Å². The van der Waals surface area contributed by atoms with Crippen LogP contribution in [0.3, 0.4) is 0 Å². The van der Waals surface area contributed by atoms with Crippen LogP contribution in [0.4, 0.5) is 5.69 Å². The molecule has 142 valence electrons. The van der Waals surface area contributed by atoms with Crippen LogP contribution in [0.25, 0.3) is 0 Å². The molecule has 1 saturated carbocycles. The van der Waals surface area contributed by atoms with Gasteiger partial charge in [-0.05, 0) is 44.0 Å². The fourth-order valence-electron chi connectivity index (χ4n) is 2.86. The second-order valence-corrected chi connectivity index (χ2v) is 6.22. The molecule has 0 aliphatic heterocycles. The van der Waals surface area contributed by atoms with Gasteiger partial charge < -0.3 is 20.1 Å². The first-order valence-electron chi connectivity index (χ1n) is 9.04. The Morgan fingerprint density at radius 2 is 1.77 bits per heavy atom. The van der Waals surface area contributed by atoms with Gasteiger partial charge in [-0.1, -0.05) is 19.3 Å². The Labute approximate surface area is 153 Å². The van der Waals surface area contributed by atoms with Crippen LogP contribution in [-0.4, -0.2) is 37.5 Å². The van der Waals surface area contributed by atoms with E-state index in [4.69, 9.17) is 9.47 Å². The quantitative estimate of drug-likeness (QED) is 0.692. The normalized spacial score (nSPS) is 14.3. The van der Waals surface area contributed by atoms with E-state index in [0.29, 0.717) is 18.0 Å². The summed E-state index contributed by atoms with van der Waals surface area (Å²) in [5.74, 6) is -0.484. The lowest BCUT2D eigenvalue weighted by Crippen LogP contribution is -2.36. The number of benzene rings is 1. The zero-order valence-corrected chi connectivity index (χ0v) is 15.1. The van der Waals surface area contributed by atoms with Crippen molar-refractivity contribution in [3.05, 3.63) is 24.3 Å². The topological polar surface area (TPSA) is 93.7 Å². The molecule has 1 aromatic rings. The average Bonchev–Trinajstić information content (AvgIpc) is 2.67. The van der Waals surface area contributed by atoms with Gasteiger partial charge in [-0.25, -0.2) is 0 Å². The minimum Gasteiger partial charge on any atom is -0.494 e. The Morgan fingerprint density at radius 3 is 2.42 bits per heavy atom. The lowest BCUT2D eigenvalue weighted by molar-refractivity contribution is -0.147. The Hall–Kier alpha value is -2.57. The maximum atomic E-state index is 11.9. The second kappa shape index (κ2) is 10.4. The van der Waals surface area contributed by atoms with E-state index in [-0.39, 0.29) is 18.4 Å². The van der Waals surface area contributed by atoms with Crippen LogP contribution in [0.1, 0.15) is 39.0 Å². The van der Waals surface area contributed by atoms with Gasteiger partial charge in [0.05, 0.1) is 6.61 Å². The van der Waals surface area contributed by atoms with Gasteiger partial charge in [0, 0.05) is 11.6 Å². The van der Waals surface area contributed by atoms with E-state index in [1.807, 2.05) is 6.92 Å². The summed E-state index contributed by atoms with van der Waals surface area (Å²) >= 11 is 0. The van der Waals surface area contributed by atoms with Crippen LogP contribution in [-0.2, 0) is 19.1 Å². The van der Waals surface area contributed by atoms with Crippen molar-refractivity contribution in [1.29, 1.82) is 0 Å². The van der Waals surface area contributed by atoms with Crippen molar-refractivity contribution in [2.75, 3.05) is 25.1 Å². The fourth-order valence-corrected chi connectivity index (χ4v) is 2.86. The molecule has 1 aliphatic rings. The molecular weight excluding hydrogens is 336 g/mol. The van der Waals surface area contributed by atoms with E-state index in [2.05, 4.69) is 10.6 Å². The van der Waals surface area contributed by atoms with Crippen LogP contribution >= 0.6 is 0 Å². The molecule has 0 saturated heterocycles. The molecule has 0 heterocycles. The molecule has 1 aliphatic carbocycles. The zero-order chi connectivity index (χ0) is 18.8. The molecule has 2 N–H and O–H groups in total. The first kappa shape index (κ1) is 19.8. The number of carbonyl (C=O) groups excluding carboxylic acids is 3. The van der Waals surface area contributed by atoms with E-state index >= 15 is 0 Å². The summed E-state index contributed by atoms with van der Waals surface area (Å²) < 4.78 is 10.2. The number of esters is 1. The number of amides is 2. The monoisotopic (exact) mass is 362 g/mol. The molecule has 2 amide bonds. The third-order valence-corrected chi connectivity index (χ3v) is 4.20. The fraction of sp³-hybridized carbons (Fsp3) is 0.526. The van der Waals surface area contributed by atoms with Crippen molar-refractivity contribution >= 4 is 23.5 Å². The zero-order valence-electron chi connectivity index (χ0n) is 15.1. The highest BCUT2D eigenvalue weighted by Gasteiger charge is 2.21. The van der Waals surface area contributed by atoms with Gasteiger partial charge in [-0.3, -0.25) is 14.4 Å². The predicted molar refractivity (Wildman–Crippen MR) is 96.8 cm³/mol. The predicted octanol–water partition coefficient (Wildman–Crippen LogP) is 2.26. The average molecular weight is 362 g/mol. The van der Waals surface area contributed by atoms with Crippen molar-refractivity contribution in [3.63, 3.8) is 0 Å². The number of anilines is 1. The summed E-state index contributed by atoms with van der Waals surface area (Å²) in [4.78, 5) is 35.4. The molecule has 1 aromatic carbocycles. The van der Waals surface area contributed by atoms with Crippen molar-refractivity contribution in [1.82, 2.24) is 5.32 Å². The van der Waals surface area contributed by atoms with Gasteiger partial charge in [-0.15, -0.1) is 0 Å². The molecule has 7 heteroatoms. The lowest BCUT2D eigenvalue weighted by atomic mass is 9.89. The molecule has 7 nitrogen and oxygen atoms in total. The SMILES string of the molecule is CCOc1ccc(NC(=O)COC(=O)CNC(=O)C2CCCCC2)cc1. The maximum Gasteiger partial charge on any atom is 0.325 e. The molecule has 0 unspecified atom stereocenters. The molecule has 0 spiro atoms. The molecule has 0 bridgehead atoms. The number of ether oxygens (including phenoxy) is 2. The molecular formula is C19H26N2O5. The number of hydrogen-bond donors (Lipinski definition) is 2. The minimum atomic E-state index is -0.629. The number of hydrogen-bond acceptors (Lipinski definition) is 5. The standard InChI is InChI=1S/C19H26N2O5/c1-2-25-16-10-8-15(9-11-16)21-17(22)13-26-18(23)12-20-19(24)14-6-4-3-5-7-14/h8-11,14H,2-7,12-13H2,1H3,(H,20,24)(H,21,22). The van der Waals surface area contributed by atoms with E-state index in [1.165, 1.54) is 0 Å². The van der Waals surface area contributed by atoms with E-state index in [1.54, 1.807) is 24.3 Å². The van der Waals surface area contributed by atoms with Crippen LogP contribution in [0.15, 0.2) is 24.3 Å². The van der Waals surface area contributed by atoms with Crippen LogP contribution in [0, 0.1) is 5.92 Å². The third-order valence-electron chi connectivity index (χ3n) is 4.20. The molecule has 1 fully saturated rings. The van der Waals surface area contributed by atoms with E-state index in [0.717, 1.165) is 32.1 Å². The van der Waals surface area contributed by atoms with Crippen molar-refractivity contribution in [2.24, 2.45) is 5.92 Å². The number of carbonyl (C=O) groups is 3. The molecule has 0 aromatic heterocycles.